The Labute approximate surface area is 100 Å². The van der Waals surface area contributed by atoms with Gasteiger partial charge in [-0.15, -0.1) is 0 Å². The van der Waals surface area contributed by atoms with Crippen molar-refractivity contribution in [2.45, 2.75) is 0 Å². The molecule has 1 heterocycles. The number of halogens is 2. The van der Waals surface area contributed by atoms with Gasteiger partial charge in [0.2, 0.25) is 5.56 Å². The molecule has 0 aliphatic carbocycles. The molecule has 0 atom stereocenters. The Morgan fingerprint density at radius 2 is 1.94 bits per heavy atom. The number of hydrogen-bond acceptors (Lipinski definition) is 2. The number of benzene rings is 1. The molecule has 2 N–H and O–H groups in total. The quantitative estimate of drug-likeness (QED) is 0.855. The lowest BCUT2D eigenvalue weighted by atomic mass is 10.2. The van der Waals surface area contributed by atoms with E-state index in [1.165, 1.54) is 12.3 Å². The molecule has 0 radical (unpaired) electrons. The summed E-state index contributed by atoms with van der Waals surface area (Å²) < 4.78 is 25.9. The average Bonchev–Trinajstić information content (AvgIpc) is 2.32. The van der Waals surface area contributed by atoms with Crippen LogP contribution in [0, 0.1) is 11.6 Å². The topological polar surface area (TPSA) is 62.0 Å². The molecule has 0 aliphatic heterocycles. The SMILES string of the molecule is O=C(Nc1ccc(F)cc1F)c1cc[nH]c(=O)c1. The second-order valence-corrected chi connectivity index (χ2v) is 3.52. The predicted molar refractivity (Wildman–Crippen MR) is 61.4 cm³/mol. The summed E-state index contributed by atoms with van der Waals surface area (Å²) in [6, 6.07) is 5.24. The highest BCUT2D eigenvalue weighted by molar-refractivity contribution is 6.04. The number of carbonyl (C=O) groups excluding carboxylic acids is 1. The minimum Gasteiger partial charge on any atom is -0.329 e. The number of aromatic nitrogens is 1. The van der Waals surface area contributed by atoms with Crippen LogP contribution in [-0.2, 0) is 0 Å². The standard InChI is InChI=1S/C12H8F2N2O2/c13-8-1-2-10(9(14)6-8)16-12(18)7-3-4-15-11(17)5-7/h1-6H,(H,15,17)(H,16,18). The van der Waals surface area contributed by atoms with Gasteiger partial charge in [-0.25, -0.2) is 8.78 Å². The minimum atomic E-state index is -0.881. The zero-order valence-electron chi connectivity index (χ0n) is 9.04. The van der Waals surface area contributed by atoms with Gasteiger partial charge in [-0.2, -0.15) is 0 Å². The molecule has 0 aliphatic rings. The first-order chi connectivity index (χ1) is 8.56. The highest BCUT2D eigenvalue weighted by Crippen LogP contribution is 2.15. The molecule has 0 saturated carbocycles. The fraction of sp³-hybridized carbons (Fsp3) is 0. The molecule has 6 heteroatoms. The van der Waals surface area contributed by atoms with Crippen LogP contribution in [-0.4, -0.2) is 10.9 Å². The van der Waals surface area contributed by atoms with E-state index in [2.05, 4.69) is 10.3 Å². The third-order valence-corrected chi connectivity index (χ3v) is 2.22. The van der Waals surface area contributed by atoms with Crippen molar-refractivity contribution in [3.8, 4) is 0 Å². The third kappa shape index (κ3) is 2.60. The molecule has 0 spiro atoms. The second kappa shape index (κ2) is 4.79. The lowest BCUT2D eigenvalue weighted by Gasteiger charge is -2.05. The van der Waals surface area contributed by atoms with Crippen LogP contribution in [0.25, 0.3) is 0 Å². The summed E-state index contributed by atoms with van der Waals surface area (Å²) in [6.07, 6.45) is 1.30. The Bertz CT molecular complexity index is 653. The highest BCUT2D eigenvalue weighted by atomic mass is 19.1. The number of rotatable bonds is 2. The predicted octanol–water partition coefficient (Wildman–Crippen LogP) is 1.91. The molecular formula is C12H8F2N2O2. The molecule has 0 bridgehead atoms. The van der Waals surface area contributed by atoms with Crippen LogP contribution in [0.3, 0.4) is 0 Å². The molecule has 18 heavy (non-hydrogen) atoms. The lowest BCUT2D eigenvalue weighted by molar-refractivity contribution is 0.102. The van der Waals surface area contributed by atoms with Crippen molar-refractivity contribution in [1.82, 2.24) is 4.98 Å². The number of amides is 1. The maximum atomic E-state index is 13.3. The van der Waals surface area contributed by atoms with Crippen molar-refractivity contribution in [2.24, 2.45) is 0 Å². The maximum Gasteiger partial charge on any atom is 0.255 e. The van der Waals surface area contributed by atoms with E-state index in [1.807, 2.05) is 0 Å². The molecule has 0 fully saturated rings. The van der Waals surface area contributed by atoms with Gasteiger partial charge in [0.1, 0.15) is 11.6 Å². The Balaban J connectivity index is 2.24. The molecule has 1 aromatic carbocycles. The lowest BCUT2D eigenvalue weighted by Crippen LogP contribution is -2.16. The third-order valence-electron chi connectivity index (χ3n) is 2.22. The molecule has 4 nitrogen and oxygen atoms in total. The van der Waals surface area contributed by atoms with Crippen LogP contribution in [0.5, 0.6) is 0 Å². The first-order valence-corrected chi connectivity index (χ1v) is 5.01. The van der Waals surface area contributed by atoms with E-state index < -0.39 is 23.1 Å². The van der Waals surface area contributed by atoms with Gasteiger partial charge in [-0.3, -0.25) is 9.59 Å². The summed E-state index contributed by atoms with van der Waals surface area (Å²) in [5.41, 5.74) is -0.508. The fourth-order valence-electron chi connectivity index (χ4n) is 1.37. The zero-order valence-corrected chi connectivity index (χ0v) is 9.04. The van der Waals surface area contributed by atoms with Crippen molar-refractivity contribution in [2.75, 3.05) is 5.32 Å². The van der Waals surface area contributed by atoms with Crippen LogP contribution >= 0.6 is 0 Å². The van der Waals surface area contributed by atoms with Crippen molar-refractivity contribution in [1.29, 1.82) is 0 Å². The number of carbonyl (C=O) groups is 1. The molecular weight excluding hydrogens is 242 g/mol. The number of H-pyrrole nitrogens is 1. The Kier molecular flexibility index (Phi) is 3.18. The molecule has 0 saturated heterocycles. The van der Waals surface area contributed by atoms with E-state index in [4.69, 9.17) is 0 Å². The summed E-state index contributed by atoms with van der Waals surface area (Å²) in [5, 5.41) is 2.25. The van der Waals surface area contributed by atoms with Gasteiger partial charge in [0.05, 0.1) is 5.69 Å². The van der Waals surface area contributed by atoms with Crippen LogP contribution in [0.1, 0.15) is 10.4 Å². The molecule has 1 amide bonds. The molecule has 92 valence electrons. The summed E-state index contributed by atoms with van der Waals surface area (Å²) >= 11 is 0. The van der Waals surface area contributed by atoms with Crippen molar-refractivity contribution < 1.29 is 13.6 Å². The summed E-state index contributed by atoms with van der Waals surface area (Å²) in [5.74, 6) is -2.26. The van der Waals surface area contributed by atoms with Gasteiger partial charge in [-0.1, -0.05) is 0 Å². The van der Waals surface area contributed by atoms with Gasteiger partial charge in [0, 0.05) is 23.9 Å². The fourth-order valence-corrected chi connectivity index (χ4v) is 1.37. The number of aromatic amines is 1. The van der Waals surface area contributed by atoms with Gasteiger partial charge in [-0.05, 0) is 18.2 Å². The van der Waals surface area contributed by atoms with Crippen LogP contribution in [0.15, 0.2) is 41.3 Å². The van der Waals surface area contributed by atoms with Crippen molar-refractivity contribution in [3.05, 3.63) is 64.1 Å². The average molecular weight is 250 g/mol. The van der Waals surface area contributed by atoms with Crippen LogP contribution in [0.4, 0.5) is 14.5 Å². The normalized spacial score (nSPS) is 10.1. The Morgan fingerprint density at radius 3 is 2.61 bits per heavy atom. The van der Waals surface area contributed by atoms with E-state index in [0.717, 1.165) is 18.2 Å². The van der Waals surface area contributed by atoms with E-state index in [9.17, 15) is 18.4 Å². The van der Waals surface area contributed by atoms with E-state index >= 15 is 0 Å². The number of nitrogens with one attached hydrogen (secondary N) is 2. The second-order valence-electron chi connectivity index (χ2n) is 3.52. The largest absolute Gasteiger partial charge is 0.329 e. The number of anilines is 1. The first-order valence-electron chi connectivity index (χ1n) is 5.01. The minimum absolute atomic E-state index is 0.0856. The van der Waals surface area contributed by atoms with Crippen molar-refractivity contribution in [3.63, 3.8) is 0 Å². The monoisotopic (exact) mass is 250 g/mol. The summed E-state index contributed by atoms with van der Waals surface area (Å²) in [4.78, 5) is 25.0. The summed E-state index contributed by atoms with van der Waals surface area (Å²) in [6.45, 7) is 0. The molecule has 0 unspecified atom stereocenters. The van der Waals surface area contributed by atoms with E-state index in [0.29, 0.717) is 6.07 Å². The first kappa shape index (κ1) is 12.0. The number of pyridine rings is 1. The van der Waals surface area contributed by atoms with Gasteiger partial charge in [0.15, 0.2) is 0 Å². The van der Waals surface area contributed by atoms with Crippen LogP contribution < -0.4 is 10.9 Å². The van der Waals surface area contributed by atoms with Crippen molar-refractivity contribution >= 4 is 11.6 Å². The molecule has 2 aromatic rings. The van der Waals surface area contributed by atoms with E-state index in [1.54, 1.807) is 0 Å². The van der Waals surface area contributed by atoms with Gasteiger partial charge < -0.3 is 10.3 Å². The molecule has 1 aromatic heterocycles. The van der Waals surface area contributed by atoms with Crippen LogP contribution in [0.2, 0.25) is 0 Å². The van der Waals surface area contributed by atoms with Gasteiger partial charge in [0.25, 0.3) is 5.91 Å². The Morgan fingerprint density at radius 1 is 1.17 bits per heavy atom. The Hall–Kier alpha value is -2.50. The smallest absolute Gasteiger partial charge is 0.255 e. The number of hydrogen-bond donors (Lipinski definition) is 2. The van der Waals surface area contributed by atoms with E-state index in [-0.39, 0.29) is 11.3 Å². The summed E-state index contributed by atoms with van der Waals surface area (Å²) in [7, 11) is 0. The zero-order chi connectivity index (χ0) is 13.1. The van der Waals surface area contributed by atoms with Gasteiger partial charge >= 0.3 is 0 Å². The highest BCUT2D eigenvalue weighted by Gasteiger charge is 2.10. The molecule has 2 rings (SSSR count). The maximum absolute atomic E-state index is 13.3.